The number of allylic oxidation sites excluding steroid dienone is 2. The summed E-state index contributed by atoms with van der Waals surface area (Å²) in [6.07, 6.45) is 17.1. The number of unbranched alkanes of at least 4 members (excludes halogenated alkanes) is 3. The van der Waals surface area contributed by atoms with Gasteiger partial charge in [0.05, 0.1) is 0 Å². The van der Waals surface area contributed by atoms with Crippen molar-refractivity contribution in [1.82, 2.24) is 10.2 Å². The Morgan fingerprint density at radius 3 is 2.17 bits per heavy atom. The van der Waals surface area contributed by atoms with Crippen LogP contribution in [0.4, 0.5) is 0 Å². The van der Waals surface area contributed by atoms with Gasteiger partial charge in [0.15, 0.2) is 0 Å². The van der Waals surface area contributed by atoms with Gasteiger partial charge >= 0.3 is 0 Å². The predicted octanol–water partition coefficient (Wildman–Crippen LogP) is 6.17. The molecule has 5 aliphatic rings. The Morgan fingerprint density at radius 2 is 1.53 bits per heavy atom. The number of nitrogens with zero attached hydrogens (tertiary/aromatic N) is 1. The molecule has 4 bridgehead atoms. The van der Waals surface area contributed by atoms with E-state index >= 15 is 0 Å². The maximum atomic E-state index is 3.46. The van der Waals surface area contributed by atoms with Crippen molar-refractivity contribution in [2.24, 2.45) is 23.2 Å². The van der Waals surface area contributed by atoms with Crippen LogP contribution in [0.2, 0.25) is 0 Å². The monoisotopic (exact) mass is 428 g/mol. The van der Waals surface area contributed by atoms with Gasteiger partial charge in [0, 0.05) is 26.2 Å². The van der Waals surface area contributed by atoms with E-state index < -0.39 is 0 Å². The van der Waals surface area contributed by atoms with Gasteiger partial charge in [-0.05, 0) is 98.6 Å². The topological polar surface area (TPSA) is 15.3 Å². The first-order valence-electron chi connectivity index (χ1n) is 12.5. The molecule has 5 fully saturated rings. The summed E-state index contributed by atoms with van der Waals surface area (Å²) in [6.45, 7) is 6.13. The van der Waals surface area contributed by atoms with Gasteiger partial charge in [0.25, 0.3) is 0 Å². The minimum absolute atomic E-state index is 0. The number of hydrogen-bond donors (Lipinski definition) is 1. The fraction of sp³-hybridized carbons (Fsp3) is 0.704. The third-order valence-corrected chi connectivity index (χ3v) is 8.43. The van der Waals surface area contributed by atoms with Crippen LogP contribution in [-0.2, 0) is 0 Å². The zero-order valence-electron chi connectivity index (χ0n) is 18.7. The van der Waals surface area contributed by atoms with E-state index in [-0.39, 0.29) is 12.4 Å². The van der Waals surface area contributed by atoms with Gasteiger partial charge in [0.1, 0.15) is 0 Å². The van der Waals surface area contributed by atoms with Crippen LogP contribution in [0, 0.1) is 23.2 Å². The summed E-state index contributed by atoms with van der Waals surface area (Å²) >= 11 is 0. The average Bonchev–Trinajstić information content (AvgIpc) is 2.73. The Morgan fingerprint density at radius 1 is 0.900 bits per heavy atom. The Bertz CT molecular complexity index is 657. The first-order valence-corrected chi connectivity index (χ1v) is 12.5. The van der Waals surface area contributed by atoms with Crippen molar-refractivity contribution in [3.8, 4) is 0 Å². The van der Waals surface area contributed by atoms with Crippen molar-refractivity contribution in [2.75, 3.05) is 32.7 Å². The third kappa shape index (κ3) is 4.97. The minimum Gasteiger partial charge on any atom is -0.314 e. The number of halogens is 1. The fourth-order valence-electron chi connectivity index (χ4n) is 7.54. The zero-order valence-corrected chi connectivity index (χ0v) is 19.5. The second-order valence-corrected chi connectivity index (χ2v) is 10.6. The number of nitrogens with one attached hydrogen (secondary N) is 1. The molecule has 1 N–H and O–H groups in total. The molecule has 1 aromatic carbocycles. The number of benzene rings is 1. The zero-order chi connectivity index (χ0) is 19.5. The first kappa shape index (κ1) is 22.4. The van der Waals surface area contributed by atoms with Crippen LogP contribution in [0.15, 0.2) is 36.4 Å². The summed E-state index contributed by atoms with van der Waals surface area (Å²) in [7, 11) is 0. The lowest BCUT2D eigenvalue weighted by Crippen LogP contribution is -2.46. The molecule has 0 unspecified atom stereocenters. The van der Waals surface area contributed by atoms with Crippen LogP contribution in [0.1, 0.15) is 69.8 Å². The SMILES string of the molecule is C(CCCCCN1CCNCC1)=C(c1ccccc1)C12CC3CC(CC(C3)C1)C2.Cl. The van der Waals surface area contributed by atoms with Crippen molar-refractivity contribution >= 4 is 18.0 Å². The van der Waals surface area contributed by atoms with E-state index in [1.165, 1.54) is 102 Å². The highest BCUT2D eigenvalue weighted by Gasteiger charge is 2.52. The smallest absolute Gasteiger partial charge is 0.0107 e. The molecule has 0 amide bonds. The molecule has 0 spiro atoms. The lowest BCUT2D eigenvalue weighted by Gasteiger charge is -2.58. The Balaban J connectivity index is 0.00000218. The summed E-state index contributed by atoms with van der Waals surface area (Å²) in [6, 6.07) is 11.4. The Hall–Kier alpha value is -0.830. The normalized spacial score (nSPS) is 33.5. The van der Waals surface area contributed by atoms with Crippen molar-refractivity contribution in [1.29, 1.82) is 0 Å². The summed E-state index contributed by atoms with van der Waals surface area (Å²) in [4.78, 5) is 2.64. The molecule has 1 heterocycles. The standard InChI is InChI=1S/C27H40N2.ClH/c1(2-7-13-29-14-11-28-12-15-29)6-10-26(25-8-4-3-5-9-25)27-19-22-16-23(20-27)18-24(17-22)21-27;/h3-5,8-10,22-24,28H,1-2,6-7,11-21H2;1H. The molecule has 0 radical (unpaired) electrons. The van der Waals surface area contributed by atoms with Crippen LogP contribution in [0.3, 0.4) is 0 Å². The molecular formula is C27H41ClN2. The van der Waals surface area contributed by atoms with Crippen LogP contribution in [0.25, 0.3) is 5.57 Å². The molecule has 1 saturated heterocycles. The molecule has 166 valence electrons. The van der Waals surface area contributed by atoms with E-state index in [4.69, 9.17) is 0 Å². The van der Waals surface area contributed by atoms with Crippen molar-refractivity contribution < 1.29 is 0 Å². The predicted molar refractivity (Wildman–Crippen MR) is 130 cm³/mol. The van der Waals surface area contributed by atoms with Crippen LogP contribution >= 0.6 is 12.4 Å². The molecule has 4 saturated carbocycles. The molecule has 1 aliphatic heterocycles. The summed E-state index contributed by atoms with van der Waals surface area (Å²) in [5.41, 5.74) is 3.77. The van der Waals surface area contributed by atoms with Gasteiger partial charge < -0.3 is 10.2 Å². The van der Waals surface area contributed by atoms with E-state index in [1.807, 2.05) is 0 Å². The van der Waals surface area contributed by atoms with E-state index in [0.717, 1.165) is 17.8 Å². The highest BCUT2D eigenvalue weighted by molar-refractivity contribution is 5.85. The van der Waals surface area contributed by atoms with Crippen molar-refractivity contribution in [3.05, 3.63) is 42.0 Å². The van der Waals surface area contributed by atoms with E-state index in [2.05, 4.69) is 46.6 Å². The molecular weight excluding hydrogens is 388 g/mol. The lowest BCUT2D eigenvalue weighted by molar-refractivity contribution is -0.0178. The fourth-order valence-corrected chi connectivity index (χ4v) is 7.54. The largest absolute Gasteiger partial charge is 0.314 e. The van der Waals surface area contributed by atoms with Crippen molar-refractivity contribution in [2.45, 2.75) is 64.2 Å². The highest BCUT2D eigenvalue weighted by atomic mass is 35.5. The van der Waals surface area contributed by atoms with Gasteiger partial charge in [-0.2, -0.15) is 0 Å². The second kappa shape index (κ2) is 10.2. The quantitative estimate of drug-likeness (QED) is 0.497. The summed E-state index contributed by atoms with van der Waals surface area (Å²) < 4.78 is 0. The molecule has 1 aromatic rings. The maximum absolute atomic E-state index is 3.46. The van der Waals surface area contributed by atoms with Gasteiger partial charge in [-0.25, -0.2) is 0 Å². The van der Waals surface area contributed by atoms with Gasteiger partial charge in [-0.15, -0.1) is 12.4 Å². The average molecular weight is 429 g/mol. The Kier molecular flexibility index (Phi) is 7.60. The van der Waals surface area contributed by atoms with Crippen LogP contribution in [-0.4, -0.2) is 37.6 Å². The maximum Gasteiger partial charge on any atom is 0.0107 e. The van der Waals surface area contributed by atoms with Crippen LogP contribution in [0.5, 0.6) is 0 Å². The minimum atomic E-state index is 0. The summed E-state index contributed by atoms with van der Waals surface area (Å²) in [5.74, 6) is 3.06. The van der Waals surface area contributed by atoms with Gasteiger partial charge in [-0.3, -0.25) is 0 Å². The molecule has 30 heavy (non-hydrogen) atoms. The van der Waals surface area contributed by atoms with Gasteiger partial charge in [0.2, 0.25) is 0 Å². The number of hydrogen-bond acceptors (Lipinski definition) is 2. The number of piperazine rings is 1. The van der Waals surface area contributed by atoms with E-state index in [9.17, 15) is 0 Å². The molecule has 3 heteroatoms. The first-order chi connectivity index (χ1) is 14.3. The molecule has 0 aromatic heterocycles. The molecule has 2 nitrogen and oxygen atoms in total. The van der Waals surface area contributed by atoms with Crippen LogP contribution < -0.4 is 5.32 Å². The van der Waals surface area contributed by atoms with E-state index in [1.54, 1.807) is 5.57 Å². The van der Waals surface area contributed by atoms with Crippen molar-refractivity contribution in [3.63, 3.8) is 0 Å². The number of rotatable bonds is 8. The molecule has 4 aliphatic carbocycles. The molecule has 6 rings (SSSR count). The third-order valence-electron chi connectivity index (χ3n) is 8.43. The second-order valence-electron chi connectivity index (χ2n) is 10.6. The highest BCUT2D eigenvalue weighted by Crippen LogP contribution is 2.64. The summed E-state index contributed by atoms with van der Waals surface area (Å²) in [5, 5.41) is 3.46. The molecule has 0 atom stereocenters. The van der Waals surface area contributed by atoms with Gasteiger partial charge in [-0.1, -0.05) is 42.8 Å². The lowest BCUT2D eigenvalue weighted by atomic mass is 9.47. The van der Waals surface area contributed by atoms with E-state index in [0.29, 0.717) is 5.41 Å². The Labute approximate surface area is 190 Å².